The fraction of sp³-hybridized carbons (Fsp3) is 0.286. The lowest BCUT2D eigenvalue weighted by atomic mass is 10.1. The normalized spacial score (nSPS) is 18.7. The van der Waals surface area contributed by atoms with Crippen molar-refractivity contribution in [1.82, 2.24) is 5.32 Å². The van der Waals surface area contributed by atoms with E-state index >= 15 is 0 Å². The summed E-state index contributed by atoms with van der Waals surface area (Å²) in [6.45, 7) is 1.81. The highest BCUT2D eigenvalue weighted by Gasteiger charge is 2.32. The summed E-state index contributed by atoms with van der Waals surface area (Å²) in [5, 5.41) is 5.18. The number of carbonyl (C=O) groups is 3. The molecule has 0 saturated carbocycles. The van der Waals surface area contributed by atoms with E-state index in [4.69, 9.17) is 4.74 Å². The number of halogens is 1. The number of carbonyl (C=O) groups excluding carboxylic acids is 3. The summed E-state index contributed by atoms with van der Waals surface area (Å²) in [7, 11) is 1.29. The van der Waals surface area contributed by atoms with Gasteiger partial charge in [0, 0.05) is 11.4 Å². The van der Waals surface area contributed by atoms with E-state index in [2.05, 4.69) is 10.6 Å². The van der Waals surface area contributed by atoms with Gasteiger partial charge in [0.25, 0.3) is 0 Å². The van der Waals surface area contributed by atoms with Crippen LogP contribution in [0, 0.1) is 12.7 Å². The Balaban J connectivity index is 1.61. The Kier molecular flexibility index (Phi) is 6.53. The van der Waals surface area contributed by atoms with Crippen LogP contribution in [0.1, 0.15) is 21.5 Å². The maximum Gasteiger partial charge on any atom is 0.337 e. The van der Waals surface area contributed by atoms with Gasteiger partial charge >= 0.3 is 5.97 Å². The lowest BCUT2D eigenvalue weighted by molar-refractivity contribution is -0.126. The zero-order valence-electron chi connectivity index (χ0n) is 16.0. The average molecular weight is 416 g/mol. The number of thioether (sulfide) groups is 1. The van der Waals surface area contributed by atoms with E-state index in [0.29, 0.717) is 23.4 Å². The standard InChI is InChI=1S/C21H21FN2O4S/c1-12-3-6-14(21(27)28-2)10-16(12)23-19(25)17-11-29-18(20(26)24-17)9-13-4-7-15(22)8-5-13/h3-8,10,17-18H,9,11H2,1-2H3,(H,23,25)(H,24,26). The van der Waals surface area contributed by atoms with Crippen molar-refractivity contribution in [2.45, 2.75) is 24.6 Å². The number of rotatable bonds is 5. The lowest BCUT2D eigenvalue weighted by Gasteiger charge is -2.28. The van der Waals surface area contributed by atoms with Crippen molar-refractivity contribution in [1.29, 1.82) is 0 Å². The number of methoxy groups -OCH3 is 1. The monoisotopic (exact) mass is 416 g/mol. The van der Waals surface area contributed by atoms with Gasteiger partial charge < -0.3 is 15.4 Å². The molecule has 2 aromatic rings. The first-order valence-electron chi connectivity index (χ1n) is 9.03. The maximum atomic E-state index is 13.0. The van der Waals surface area contributed by atoms with E-state index in [9.17, 15) is 18.8 Å². The average Bonchev–Trinajstić information content (AvgIpc) is 2.72. The Hall–Kier alpha value is -2.87. The molecule has 0 aliphatic carbocycles. The van der Waals surface area contributed by atoms with Crippen LogP contribution in [-0.4, -0.2) is 41.9 Å². The topological polar surface area (TPSA) is 84.5 Å². The Labute approximate surface area is 172 Å². The zero-order chi connectivity index (χ0) is 21.0. The van der Waals surface area contributed by atoms with E-state index in [1.165, 1.54) is 31.0 Å². The van der Waals surface area contributed by atoms with Crippen molar-refractivity contribution in [3.8, 4) is 0 Å². The number of amides is 2. The molecule has 2 unspecified atom stereocenters. The van der Waals surface area contributed by atoms with Crippen molar-refractivity contribution >= 4 is 35.2 Å². The Bertz CT molecular complexity index is 933. The molecule has 0 aromatic heterocycles. The third-order valence-corrected chi connectivity index (χ3v) is 5.95. The molecule has 1 heterocycles. The zero-order valence-corrected chi connectivity index (χ0v) is 16.8. The van der Waals surface area contributed by atoms with Crippen molar-refractivity contribution in [2.75, 3.05) is 18.2 Å². The summed E-state index contributed by atoms with van der Waals surface area (Å²) < 4.78 is 17.7. The summed E-state index contributed by atoms with van der Waals surface area (Å²) >= 11 is 1.39. The molecule has 6 nitrogen and oxygen atoms in total. The second kappa shape index (κ2) is 9.09. The number of hydrogen-bond donors (Lipinski definition) is 2. The van der Waals surface area contributed by atoms with Gasteiger partial charge in [-0.15, -0.1) is 11.8 Å². The summed E-state index contributed by atoms with van der Waals surface area (Å²) in [5.41, 5.74) is 2.47. The molecule has 8 heteroatoms. The van der Waals surface area contributed by atoms with Gasteiger partial charge in [0.1, 0.15) is 11.9 Å². The van der Waals surface area contributed by atoms with E-state index in [-0.39, 0.29) is 22.9 Å². The van der Waals surface area contributed by atoms with E-state index in [1.807, 2.05) is 6.92 Å². The number of hydrogen-bond acceptors (Lipinski definition) is 5. The third-order valence-electron chi connectivity index (χ3n) is 4.64. The van der Waals surface area contributed by atoms with Crippen LogP contribution in [0.4, 0.5) is 10.1 Å². The minimum absolute atomic E-state index is 0.231. The molecule has 2 atom stereocenters. The van der Waals surface area contributed by atoms with Gasteiger partial charge in [0.05, 0.1) is 17.9 Å². The van der Waals surface area contributed by atoms with Crippen molar-refractivity contribution in [3.05, 3.63) is 65.0 Å². The van der Waals surface area contributed by atoms with E-state index in [1.54, 1.807) is 30.3 Å². The van der Waals surface area contributed by atoms with Gasteiger partial charge in [-0.05, 0) is 48.7 Å². The number of nitrogens with one attached hydrogen (secondary N) is 2. The lowest BCUT2D eigenvalue weighted by Crippen LogP contribution is -2.52. The van der Waals surface area contributed by atoms with Crippen molar-refractivity contribution < 1.29 is 23.5 Å². The molecule has 1 aliphatic rings. The van der Waals surface area contributed by atoms with Crippen molar-refractivity contribution in [2.24, 2.45) is 0 Å². The van der Waals surface area contributed by atoms with Crippen LogP contribution >= 0.6 is 11.8 Å². The van der Waals surface area contributed by atoms with Gasteiger partial charge in [0.15, 0.2) is 0 Å². The van der Waals surface area contributed by atoms with E-state index < -0.39 is 12.0 Å². The quantitative estimate of drug-likeness (QED) is 0.733. The smallest absolute Gasteiger partial charge is 0.337 e. The van der Waals surface area contributed by atoms with Crippen LogP contribution in [0.25, 0.3) is 0 Å². The Morgan fingerprint density at radius 2 is 1.97 bits per heavy atom. The fourth-order valence-corrected chi connectivity index (χ4v) is 4.13. The predicted molar refractivity (Wildman–Crippen MR) is 109 cm³/mol. The molecule has 2 aromatic carbocycles. The van der Waals surface area contributed by atoms with Gasteiger partial charge in [0.2, 0.25) is 11.8 Å². The highest BCUT2D eigenvalue weighted by atomic mass is 32.2. The highest BCUT2D eigenvalue weighted by molar-refractivity contribution is 8.00. The van der Waals surface area contributed by atoms with Crippen LogP contribution in [0.3, 0.4) is 0 Å². The minimum atomic E-state index is -0.682. The first-order valence-corrected chi connectivity index (χ1v) is 10.1. The van der Waals surface area contributed by atoms with E-state index in [0.717, 1.165) is 11.1 Å². The Morgan fingerprint density at radius 3 is 2.62 bits per heavy atom. The van der Waals surface area contributed by atoms with Crippen LogP contribution in [0.5, 0.6) is 0 Å². The number of anilines is 1. The molecule has 2 N–H and O–H groups in total. The number of aryl methyl sites for hydroxylation is 1. The molecule has 152 valence electrons. The van der Waals surface area contributed by atoms with Gasteiger partial charge in [-0.25, -0.2) is 9.18 Å². The fourth-order valence-electron chi connectivity index (χ4n) is 2.94. The number of esters is 1. The van der Waals surface area contributed by atoms with Crippen LogP contribution in [0.2, 0.25) is 0 Å². The molecule has 2 amide bonds. The molecule has 1 aliphatic heterocycles. The van der Waals surface area contributed by atoms with Crippen molar-refractivity contribution in [3.63, 3.8) is 0 Å². The van der Waals surface area contributed by atoms with Crippen LogP contribution in [0.15, 0.2) is 42.5 Å². The van der Waals surface area contributed by atoms with Gasteiger partial charge in [-0.3, -0.25) is 9.59 Å². The predicted octanol–water partition coefficient (Wildman–Crippen LogP) is 2.70. The summed E-state index contributed by atoms with van der Waals surface area (Å²) in [6, 6.07) is 10.2. The number of benzene rings is 2. The first-order chi connectivity index (χ1) is 13.9. The summed E-state index contributed by atoms with van der Waals surface area (Å²) in [5.74, 6) is -0.982. The van der Waals surface area contributed by atoms with Crippen LogP contribution < -0.4 is 10.6 Å². The Morgan fingerprint density at radius 1 is 1.24 bits per heavy atom. The van der Waals surface area contributed by atoms with Gasteiger partial charge in [-0.1, -0.05) is 18.2 Å². The molecule has 0 bridgehead atoms. The highest BCUT2D eigenvalue weighted by Crippen LogP contribution is 2.24. The molecule has 1 saturated heterocycles. The molecule has 29 heavy (non-hydrogen) atoms. The molecule has 0 spiro atoms. The molecular weight excluding hydrogens is 395 g/mol. The second-order valence-electron chi connectivity index (χ2n) is 6.72. The largest absolute Gasteiger partial charge is 0.465 e. The molecule has 3 rings (SSSR count). The summed E-state index contributed by atoms with van der Waals surface area (Å²) in [6.07, 6.45) is 0.464. The number of ether oxygens (including phenoxy) is 1. The summed E-state index contributed by atoms with van der Waals surface area (Å²) in [4.78, 5) is 36.8. The minimum Gasteiger partial charge on any atom is -0.465 e. The first kappa shape index (κ1) is 20.9. The molecule has 1 fully saturated rings. The second-order valence-corrected chi connectivity index (χ2v) is 7.96. The third kappa shape index (κ3) is 5.14. The maximum absolute atomic E-state index is 13.0. The molecule has 0 radical (unpaired) electrons. The van der Waals surface area contributed by atoms with Gasteiger partial charge in [-0.2, -0.15) is 0 Å². The molecular formula is C21H21FN2O4S. The van der Waals surface area contributed by atoms with Crippen LogP contribution in [-0.2, 0) is 20.7 Å². The SMILES string of the molecule is COC(=O)c1ccc(C)c(NC(=O)C2CSC(Cc3ccc(F)cc3)C(=O)N2)c1.